The van der Waals surface area contributed by atoms with E-state index in [0.29, 0.717) is 0 Å². The number of aldehydes is 1. The maximum atomic E-state index is 12.7. The third-order valence-corrected chi connectivity index (χ3v) is 5.63. The number of carbonyl (C=O) groups is 3. The second-order valence-corrected chi connectivity index (χ2v) is 9.41. The molecule has 0 radical (unpaired) electrons. The summed E-state index contributed by atoms with van der Waals surface area (Å²) in [6.07, 6.45) is -0.440. The summed E-state index contributed by atoms with van der Waals surface area (Å²) in [5.74, 6) is -3.86. The molecule has 186 valence electrons. The van der Waals surface area contributed by atoms with Crippen LogP contribution in [0, 0.1) is 5.92 Å². The average molecular weight is 482 g/mol. The fourth-order valence-corrected chi connectivity index (χ4v) is 4.18. The van der Waals surface area contributed by atoms with E-state index >= 15 is 0 Å². The Balaban J connectivity index is 1.76. The van der Waals surface area contributed by atoms with Crippen LogP contribution in [0.1, 0.15) is 51.2 Å². The molecule has 0 saturated carbocycles. The van der Waals surface area contributed by atoms with Crippen molar-refractivity contribution >= 4 is 18.3 Å². The van der Waals surface area contributed by atoms with E-state index in [2.05, 4.69) is 5.32 Å². The van der Waals surface area contributed by atoms with Gasteiger partial charge in [0.05, 0.1) is 6.04 Å². The summed E-state index contributed by atoms with van der Waals surface area (Å²) in [7, 11) is 0. The van der Waals surface area contributed by atoms with Crippen LogP contribution in [0.3, 0.4) is 0 Å². The third kappa shape index (κ3) is 6.27. The first-order valence-electron chi connectivity index (χ1n) is 11.5. The van der Waals surface area contributed by atoms with Crippen LogP contribution in [0.2, 0.25) is 0 Å². The molecule has 0 heterocycles. The first-order valence-corrected chi connectivity index (χ1v) is 11.5. The number of alkyl carbamates (subject to hydrolysis) is 1. The molecule has 0 spiro atoms. The van der Waals surface area contributed by atoms with Gasteiger partial charge >= 0.3 is 12.1 Å². The van der Waals surface area contributed by atoms with Crippen LogP contribution in [0.5, 0.6) is 0 Å². The number of aliphatic hydroxyl groups excluding tert-OH is 1. The number of hydrogen-bond donors (Lipinski definition) is 3. The van der Waals surface area contributed by atoms with Crippen LogP contribution in [-0.2, 0) is 19.1 Å². The van der Waals surface area contributed by atoms with E-state index in [-0.39, 0.29) is 31.1 Å². The van der Waals surface area contributed by atoms with E-state index in [0.717, 1.165) is 22.3 Å². The van der Waals surface area contributed by atoms with Crippen LogP contribution < -0.4 is 5.32 Å². The first-order chi connectivity index (χ1) is 16.5. The summed E-state index contributed by atoms with van der Waals surface area (Å²) >= 11 is 0. The predicted octanol–water partition coefficient (Wildman–Crippen LogP) is 4.22. The fourth-order valence-electron chi connectivity index (χ4n) is 4.18. The highest BCUT2D eigenvalue weighted by atomic mass is 16.7. The zero-order valence-electron chi connectivity index (χ0n) is 20.3. The largest absolute Gasteiger partial charge is 0.509 e. The van der Waals surface area contributed by atoms with Gasteiger partial charge in [0.1, 0.15) is 17.9 Å². The molecule has 35 heavy (non-hydrogen) atoms. The lowest BCUT2D eigenvalue weighted by atomic mass is 9.98. The zero-order valence-corrected chi connectivity index (χ0v) is 20.3. The Morgan fingerprint density at radius 3 is 2.09 bits per heavy atom. The molecule has 0 unspecified atom stereocenters. The molecule has 0 aromatic heterocycles. The van der Waals surface area contributed by atoms with E-state index in [9.17, 15) is 24.6 Å². The van der Waals surface area contributed by atoms with Crippen LogP contribution >= 0.6 is 0 Å². The van der Waals surface area contributed by atoms with Gasteiger partial charge in [-0.3, -0.25) is 4.79 Å². The molecule has 0 saturated heterocycles. The summed E-state index contributed by atoms with van der Waals surface area (Å²) in [6.45, 7) is 6.21. The normalized spacial score (nSPS) is 14.5. The van der Waals surface area contributed by atoms with E-state index < -0.39 is 35.2 Å². The van der Waals surface area contributed by atoms with Gasteiger partial charge in [-0.2, -0.15) is 0 Å². The molecule has 0 aliphatic heterocycles. The van der Waals surface area contributed by atoms with Crippen molar-refractivity contribution in [2.45, 2.75) is 51.9 Å². The molecule has 1 aliphatic carbocycles. The Morgan fingerprint density at radius 2 is 1.60 bits per heavy atom. The lowest BCUT2D eigenvalue weighted by Crippen LogP contribution is -2.40. The number of esters is 1. The lowest BCUT2D eigenvalue weighted by molar-refractivity contribution is -0.190. The van der Waals surface area contributed by atoms with E-state index in [1.165, 1.54) is 13.8 Å². The molecule has 3 N–H and O–H groups in total. The highest BCUT2D eigenvalue weighted by Gasteiger charge is 2.31. The van der Waals surface area contributed by atoms with Crippen molar-refractivity contribution in [2.24, 2.45) is 5.92 Å². The molecule has 0 fully saturated rings. The molecule has 1 amide bonds. The van der Waals surface area contributed by atoms with Crippen molar-refractivity contribution in [3.8, 4) is 11.1 Å². The smallest absolute Gasteiger partial charge is 0.407 e. The number of carbonyl (C=O) groups excluding carboxylic acids is 3. The van der Waals surface area contributed by atoms with Gasteiger partial charge in [0, 0.05) is 19.8 Å². The molecule has 2 aromatic rings. The van der Waals surface area contributed by atoms with E-state index in [1.807, 2.05) is 62.4 Å². The number of ether oxygens (including phenoxy) is 2. The zero-order chi connectivity index (χ0) is 25.8. The standard InChI is InChI=1S/C27H31NO7/c1-16(2)13-23(24(30)21(14-29)25(31)35-27(3,4)33)28-26(32)34-15-22-19-11-7-5-9-17(19)18-10-6-8-12-20(18)22/h5-12,14,16,22-23,30,33H,13,15H2,1-4H3,(H,28,32)/b24-21+/t23-/m0/s1. The van der Waals surface area contributed by atoms with Crippen LogP contribution in [-0.4, -0.2) is 47.0 Å². The van der Waals surface area contributed by atoms with E-state index in [1.54, 1.807) is 0 Å². The molecule has 0 bridgehead atoms. The number of nitrogens with one attached hydrogen (secondary N) is 1. The maximum absolute atomic E-state index is 12.7. The van der Waals surface area contributed by atoms with Gasteiger partial charge in [-0.25, -0.2) is 9.59 Å². The van der Waals surface area contributed by atoms with Gasteiger partial charge in [-0.05, 0) is 34.6 Å². The maximum Gasteiger partial charge on any atom is 0.407 e. The van der Waals surface area contributed by atoms with Crippen molar-refractivity contribution in [1.29, 1.82) is 0 Å². The molecule has 8 heteroatoms. The summed E-state index contributed by atoms with van der Waals surface area (Å²) < 4.78 is 10.3. The Hall–Kier alpha value is -3.65. The Labute approximate surface area is 204 Å². The van der Waals surface area contributed by atoms with Crippen molar-refractivity contribution in [3.05, 3.63) is 71.0 Å². The van der Waals surface area contributed by atoms with Crippen LogP contribution in [0.4, 0.5) is 4.79 Å². The lowest BCUT2D eigenvalue weighted by Gasteiger charge is -2.23. The third-order valence-electron chi connectivity index (χ3n) is 5.63. The van der Waals surface area contributed by atoms with Crippen LogP contribution in [0.15, 0.2) is 59.9 Å². The van der Waals surface area contributed by atoms with E-state index in [4.69, 9.17) is 9.47 Å². The second-order valence-electron chi connectivity index (χ2n) is 9.41. The summed E-state index contributed by atoms with van der Waals surface area (Å²) in [5.41, 5.74) is 3.62. The first kappa shape index (κ1) is 26.0. The molecule has 1 atom stereocenters. The Morgan fingerprint density at radius 1 is 1.06 bits per heavy atom. The van der Waals surface area contributed by atoms with Gasteiger partial charge in [0.15, 0.2) is 6.29 Å². The van der Waals surface area contributed by atoms with Gasteiger partial charge in [-0.15, -0.1) is 0 Å². The summed E-state index contributed by atoms with van der Waals surface area (Å²) in [5, 5.41) is 22.9. The summed E-state index contributed by atoms with van der Waals surface area (Å²) in [6, 6.07) is 14.8. The molecule has 1 aliphatic rings. The monoisotopic (exact) mass is 481 g/mol. The number of aliphatic hydroxyl groups is 2. The van der Waals surface area contributed by atoms with Crippen molar-refractivity contribution in [3.63, 3.8) is 0 Å². The average Bonchev–Trinajstić information content (AvgIpc) is 3.10. The SMILES string of the molecule is CC(C)C[C@H](NC(=O)OCC1c2ccccc2-c2ccccc21)/C(O)=C(/C=O)C(=O)OC(C)(C)O. The second kappa shape index (κ2) is 10.7. The van der Waals surface area contributed by atoms with Crippen molar-refractivity contribution < 1.29 is 34.1 Å². The molecular formula is C27H31NO7. The molecule has 3 rings (SSSR count). The van der Waals surface area contributed by atoms with Crippen molar-refractivity contribution in [1.82, 2.24) is 5.32 Å². The van der Waals surface area contributed by atoms with Gasteiger partial charge < -0.3 is 25.0 Å². The van der Waals surface area contributed by atoms with Crippen LogP contribution in [0.25, 0.3) is 11.1 Å². The number of fused-ring (bicyclic) bond motifs is 3. The molecule has 8 nitrogen and oxygen atoms in total. The number of hydrogen-bond acceptors (Lipinski definition) is 7. The minimum Gasteiger partial charge on any atom is -0.509 e. The van der Waals surface area contributed by atoms with Gasteiger partial charge in [-0.1, -0.05) is 62.4 Å². The highest BCUT2D eigenvalue weighted by Crippen LogP contribution is 2.44. The topological polar surface area (TPSA) is 122 Å². The van der Waals surface area contributed by atoms with Gasteiger partial charge in [0.25, 0.3) is 0 Å². The molecule has 2 aromatic carbocycles. The highest BCUT2D eigenvalue weighted by molar-refractivity contribution is 6.08. The fraction of sp³-hybridized carbons (Fsp3) is 0.370. The Kier molecular flexibility index (Phi) is 7.96. The summed E-state index contributed by atoms with van der Waals surface area (Å²) in [4.78, 5) is 36.5. The predicted molar refractivity (Wildman–Crippen MR) is 130 cm³/mol. The Bertz CT molecular complexity index is 1080. The minimum atomic E-state index is -1.85. The van der Waals surface area contributed by atoms with Gasteiger partial charge in [0.2, 0.25) is 5.79 Å². The number of rotatable bonds is 9. The number of benzene rings is 2. The van der Waals surface area contributed by atoms with Crippen molar-refractivity contribution in [2.75, 3.05) is 6.61 Å². The molecular weight excluding hydrogens is 450 g/mol. The quantitative estimate of drug-likeness (QED) is 0.0932. The minimum absolute atomic E-state index is 0.00533. The number of amides is 1.